The minimum absolute atomic E-state index is 1.10. The summed E-state index contributed by atoms with van der Waals surface area (Å²) in [5.74, 6) is 0. The van der Waals surface area contributed by atoms with Gasteiger partial charge in [0.15, 0.2) is 5.51 Å². The summed E-state index contributed by atoms with van der Waals surface area (Å²) in [6.07, 6.45) is 4.09. The smallest absolute Gasteiger partial charge is 0.154 e. The number of thiazole rings is 1. The third-order valence-electron chi connectivity index (χ3n) is 0.839. The van der Waals surface area contributed by atoms with E-state index in [1.54, 1.807) is 34.9 Å². The Bertz CT molecular complexity index is 166. The quantitative estimate of drug-likeness (QED) is 0.642. The van der Waals surface area contributed by atoms with Gasteiger partial charge >= 0.3 is 0 Å². The highest BCUT2D eigenvalue weighted by Crippen LogP contribution is 2.29. The molecule has 1 aromatic rings. The molecule has 0 aliphatic carbocycles. The fourth-order valence-electron chi connectivity index (χ4n) is 0.453. The molecule has 1 radical (unpaired) electrons. The Morgan fingerprint density at radius 3 is 2.67 bits per heavy atom. The van der Waals surface area contributed by atoms with E-state index in [1.165, 1.54) is 4.21 Å². The zero-order valence-electron chi connectivity index (χ0n) is 5.17. The predicted molar refractivity (Wildman–Crippen MR) is 44.5 cm³/mol. The molecule has 1 nitrogen and oxygen atoms in total. The summed E-state index contributed by atoms with van der Waals surface area (Å²) in [5, 5.41) is 1.10. The van der Waals surface area contributed by atoms with Crippen molar-refractivity contribution in [3.05, 3.63) is 5.51 Å². The van der Waals surface area contributed by atoms with Gasteiger partial charge in [-0.3, -0.25) is 0 Å². The van der Waals surface area contributed by atoms with Gasteiger partial charge in [-0.1, -0.05) is 0 Å². The monoisotopic (exact) mass is 176 g/mol. The van der Waals surface area contributed by atoms with E-state index in [4.69, 9.17) is 0 Å². The molecule has 0 atom stereocenters. The number of hydrogen-bond acceptors (Lipinski definition) is 4. The lowest BCUT2D eigenvalue weighted by molar-refractivity contribution is 1.13. The molecule has 0 fully saturated rings. The van der Waals surface area contributed by atoms with Gasteiger partial charge in [0.2, 0.25) is 0 Å². The fraction of sp³-hybridized carbons (Fsp3) is 0.400. The summed E-state index contributed by atoms with van der Waals surface area (Å²) in [7, 11) is 0. The van der Waals surface area contributed by atoms with Crippen molar-refractivity contribution in [1.29, 1.82) is 0 Å². The Kier molecular flexibility index (Phi) is 2.88. The van der Waals surface area contributed by atoms with Crippen molar-refractivity contribution in [1.82, 2.24) is 4.98 Å². The average molecular weight is 176 g/mol. The van der Waals surface area contributed by atoms with E-state index in [0.29, 0.717) is 0 Å². The molecule has 0 aliphatic rings. The molecule has 0 aliphatic heterocycles. The van der Waals surface area contributed by atoms with Crippen molar-refractivity contribution in [3.8, 4) is 0 Å². The first-order valence-corrected chi connectivity index (χ1v) is 5.60. The van der Waals surface area contributed by atoms with Gasteiger partial charge in [0, 0.05) is 0 Å². The molecule has 1 heterocycles. The van der Waals surface area contributed by atoms with Crippen molar-refractivity contribution < 1.29 is 0 Å². The van der Waals surface area contributed by atoms with E-state index in [-0.39, 0.29) is 0 Å². The van der Waals surface area contributed by atoms with Gasteiger partial charge in [0.1, 0.15) is 5.03 Å². The van der Waals surface area contributed by atoms with Crippen LogP contribution in [0.5, 0.6) is 0 Å². The maximum Gasteiger partial charge on any atom is 0.154 e. The highest BCUT2D eigenvalue weighted by Gasteiger charge is 2.01. The second-order valence-electron chi connectivity index (χ2n) is 1.31. The van der Waals surface area contributed by atoms with Gasteiger partial charge in [-0.15, -0.1) is 34.9 Å². The number of thioether (sulfide) groups is 2. The van der Waals surface area contributed by atoms with Gasteiger partial charge in [0.25, 0.3) is 0 Å². The van der Waals surface area contributed by atoms with E-state index >= 15 is 0 Å². The molecule has 0 bridgehead atoms. The van der Waals surface area contributed by atoms with Crippen molar-refractivity contribution in [2.24, 2.45) is 0 Å². The number of rotatable bonds is 2. The SMILES string of the molecule is CSc1n[c]sc1SC. The molecule has 1 aromatic heterocycles. The van der Waals surface area contributed by atoms with E-state index in [9.17, 15) is 0 Å². The first-order valence-electron chi connectivity index (χ1n) is 2.33. The zero-order valence-corrected chi connectivity index (χ0v) is 7.62. The van der Waals surface area contributed by atoms with Crippen molar-refractivity contribution in [2.75, 3.05) is 12.5 Å². The minimum Gasteiger partial charge on any atom is -0.226 e. The summed E-state index contributed by atoms with van der Waals surface area (Å²) in [4.78, 5) is 4.04. The van der Waals surface area contributed by atoms with Gasteiger partial charge in [-0.25, -0.2) is 4.98 Å². The molecule has 0 saturated heterocycles. The molecule has 0 aromatic carbocycles. The summed E-state index contributed by atoms with van der Waals surface area (Å²) in [6, 6.07) is 0. The molecular weight excluding hydrogens is 170 g/mol. The van der Waals surface area contributed by atoms with Crippen LogP contribution in [0, 0.1) is 5.51 Å². The molecule has 49 valence electrons. The van der Waals surface area contributed by atoms with Gasteiger partial charge in [-0.2, -0.15) is 0 Å². The van der Waals surface area contributed by atoms with Crippen LogP contribution < -0.4 is 0 Å². The largest absolute Gasteiger partial charge is 0.226 e. The van der Waals surface area contributed by atoms with Gasteiger partial charge in [-0.05, 0) is 12.5 Å². The van der Waals surface area contributed by atoms with Crippen LogP contribution in [0.25, 0.3) is 0 Å². The molecular formula is C5H6NS3. The van der Waals surface area contributed by atoms with Crippen LogP contribution in [0.4, 0.5) is 0 Å². The van der Waals surface area contributed by atoms with Crippen LogP contribution in [0.1, 0.15) is 0 Å². The fourth-order valence-corrected chi connectivity index (χ4v) is 2.71. The van der Waals surface area contributed by atoms with Crippen molar-refractivity contribution in [3.63, 3.8) is 0 Å². The second-order valence-corrected chi connectivity index (χ2v) is 3.97. The van der Waals surface area contributed by atoms with Crippen molar-refractivity contribution in [2.45, 2.75) is 9.24 Å². The van der Waals surface area contributed by atoms with E-state index < -0.39 is 0 Å². The molecule has 4 heteroatoms. The highest BCUT2D eigenvalue weighted by atomic mass is 32.2. The molecule has 0 N–H and O–H groups in total. The molecule has 1 rings (SSSR count). The van der Waals surface area contributed by atoms with Crippen molar-refractivity contribution >= 4 is 34.9 Å². The van der Waals surface area contributed by atoms with E-state index in [1.807, 2.05) is 6.26 Å². The number of nitrogens with zero attached hydrogens (tertiary/aromatic N) is 1. The third-order valence-corrected chi connectivity index (χ3v) is 3.65. The van der Waals surface area contributed by atoms with Gasteiger partial charge < -0.3 is 0 Å². The molecule has 0 amide bonds. The number of hydrogen-bond donors (Lipinski definition) is 0. The first kappa shape index (κ1) is 7.44. The Balaban J connectivity index is 2.85. The average Bonchev–Trinajstić information content (AvgIpc) is 2.33. The topological polar surface area (TPSA) is 12.9 Å². The Morgan fingerprint density at radius 2 is 2.22 bits per heavy atom. The number of aromatic nitrogens is 1. The Hall–Kier alpha value is 0.330. The zero-order chi connectivity index (χ0) is 6.69. The molecule has 0 unspecified atom stereocenters. The standard InChI is InChI=1S/C5H6NS3/c1-7-4-5(8-2)9-3-6-4/h1-2H3. The van der Waals surface area contributed by atoms with Gasteiger partial charge in [0.05, 0.1) is 4.21 Å². The molecule has 9 heavy (non-hydrogen) atoms. The predicted octanol–water partition coefficient (Wildman–Crippen LogP) is 2.39. The summed E-state index contributed by atoms with van der Waals surface area (Å²) >= 11 is 4.98. The van der Waals surface area contributed by atoms with Crippen LogP contribution in [0.2, 0.25) is 0 Å². The van der Waals surface area contributed by atoms with Crippen LogP contribution in [-0.4, -0.2) is 17.5 Å². The lowest BCUT2D eigenvalue weighted by Crippen LogP contribution is -1.67. The maximum absolute atomic E-state index is 4.04. The van der Waals surface area contributed by atoms with Crippen LogP contribution in [0.3, 0.4) is 0 Å². The van der Waals surface area contributed by atoms with E-state index in [2.05, 4.69) is 16.8 Å². The lowest BCUT2D eigenvalue weighted by Gasteiger charge is -1.89. The van der Waals surface area contributed by atoms with E-state index in [0.717, 1.165) is 5.03 Å². The molecule has 0 spiro atoms. The minimum atomic E-state index is 1.10. The summed E-state index contributed by atoms with van der Waals surface area (Å²) < 4.78 is 1.27. The van der Waals surface area contributed by atoms with Crippen LogP contribution >= 0.6 is 34.9 Å². The Morgan fingerprint density at radius 1 is 1.44 bits per heavy atom. The normalized spacial score (nSPS) is 10.0. The van der Waals surface area contributed by atoms with Crippen LogP contribution in [-0.2, 0) is 0 Å². The third kappa shape index (κ3) is 1.63. The van der Waals surface area contributed by atoms with Crippen LogP contribution in [0.15, 0.2) is 9.24 Å². The summed E-state index contributed by atoms with van der Waals surface area (Å²) in [6.45, 7) is 0. The Labute approximate surface area is 67.3 Å². The first-order chi connectivity index (χ1) is 4.38. The lowest BCUT2D eigenvalue weighted by atomic mass is 11.0. The highest BCUT2D eigenvalue weighted by molar-refractivity contribution is 8.02. The molecule has 0 saturated carbocycles. The maximum atomic E-state index is 4.04. The summed E-state index contributed by atoms with van der Waals surface area (Å²) in [5.41, 5.74) is 2.85. The second kappa shape index (κ2) is 3.49.